The number of ether oxygens (including phenoxy) is 1. The molecule has 4 heteroatoms. The number of piperidine rings is 1. The molecule has 1 fully saturated rings. The average Bonchev–Trinajstić information content (AvgIpc) is 2.71. The monoisotopic (exact) mass is 396 g/mol. The van der Waals surface area contributed by atoms with E-state index in [9.17, 15) is 5.11 Å². The van der Waals surface area contributed by atoms with E-state index in [1.54, 1.807) is 7.11 Å². The van der Waals surface area contributed by atoms with Crippen molar-refractivity contribution in [1.82, 2.24) is 9.80 Å². The highest BCUT2D eigenvalue weighted by Gasteiger charge is 2.21. The van der Waals surface area contributed by atoms with E-state index in [1.807, 2.05) is 13.8 Å². The van der Waals surface area contributed by atoms with Gasteiger partial charge in [-0.25, -0.2) is 0 Å². The van der Waals surface area contributed by atoms with E-state index in [-0.39, 0.29) is 0 Å². The van der Waals surface area contributed by atoms with Crippen LogP contribution >= 0.6 is 0 Å². The molecule has 1 saturated heterocycles. The number of phenols is 1. The van der Waals surface area contributed by atoms with Gasteiger partial charge < -0.3 is 19.6 Å². The molecule has 0 aromatic heterocycles. The van der Waals surface area contributed by atoms with Crippen LogP contribution in [0.1, 0.15) is 35.1 Å². The van der Waals surface area contributed by atoms with Crippen molar-refractivity contribution in [2.24, 2.45) is 5.92 Å². The Bertz CT molecular complexity index is 765. The molecule has 0 aliphatic carbocycles. The molecule has 2 aromatic rings. The summed E-state index contributed by atoms with van der Waals surface area (Å²) in [7, 11) is 3.93. The number of hydrogen-bond acceptors (Lipinski definition) is 4. The number of phenolic OH excluding ortho intramolecular Hbond substituents is 1. The van der Waals surface area contributed by atoms with Crippen molar-refractivity contribution >= 4 is 0 Å². The Hall–Kier alpha value is -2.04. The minimum Gasteiger partial charge on any atom is -0.507 e. The van der Waals surface area contributed by atoms with E-state index in [4.69, 9.17) is 4.74 Å². The summed E-state index contributed by atoms with van der Waals surface area (Å²) in [6, 6.07) is 12.7. The summed E-state index contributed by atoms with van der Waals surface area (Å²) < 4.78 is 5.25. The fourth-order valence-corrected chi connectivity index (χ4v) is 4.54. The molecular weight excluding hydrogens is 360 g/mol. The SMILES string of the molecule is COc1ccc(CCN2CCC[C@@H](CN(C)Cc3cc(C)c(O)c(C)c3)C2)cc1. The minimum atomic E-state index is 0.427. The van der Waals surface area contributed by atoms with Crippen molar-refractivity contribution in [3.63, 3.8) is 0 Å². The van der Waals surface area contributed by atoms with Crippen LogP contribution in [0.5, 0.6) is 11.5 Å². The maximum absolute atomic E-state index is 9.99. The third-order valence-electron chi connectivity index (χ3n) is 6.05. The van der Waals surface area contributed by atoms with Gasteiger partial charge in [0.15, 0.2) is 0 Å². The Morgan fingerprint density at radius 2 is 1.79 bits per heavy atom. The molecule has 1 heterocycles. The quantitative estimate of drug-likeness (QED) is 0.717. The number of methoxy groups -OCH3 is 1. The molecule has 3 rings (SSSR count). The van der Waals surface area contributed by atoms with E-state index in [0.29, 0.717) is 5.75 Å². The second kappa shape index (κ2) is 10.1. The van der Waals surface area contributed by atoms with Crippen molar-refractivity contribution in [2.75, 3.05) is 40.3 Å². The Kier molecular flexibility index (Phi) is 7.57. The lowest BCUT2D eigenvalue weighted by molar-refractivity contribution is 0.142. The van der Waals surface area contributed by atoms with Crippen LogP contribution in [0.15, 0.2) is 36.4 Å². The van der Waals surface area contributed by atoms with Crippen LogP contribution in [-0.2, 0) is 13.0 Å². The molecule has 2 aromatic carbocycles. The van der Waals surface area contributed by atoms with Crippen molar-refractivity contribution in [3.05, 3.63) is 58.7 Å². The fourth-order valence-electron chi connectivity index (χ4n) is 4.54. The first-order valence-electron chi connectivity index (χ1n) is 10.8. The molecule has 0 radical (unpaired) electrons. The zero-order valence-electron chi connectivity index (χ0n) is 18.4. The van der Waals surface area contributed by atoms with Crippen molar-refractivity contribution < 1.29 is 9.84 Å². The lowest BCUT2D eigenvalue weighted by atomic mass is 9.96. The second-order valence-electron chi connectivity index (χ2n) is 8.68. The number of aryl methyl sites for hydroxylation is 2. The summed E-state index contributed by atoms with van der Waals surface area (Å²) >= 11 is 0. The lowest BCUT2D eigenvalue weighted by Gasteiger charge is -2.35. The third kappa shape index (κ3) is 6.22. The Morgan fingerprint density at radius 1 is 1.10 bits per heavy atom. The summed E-state index contributed by atoms with van der Waals surface area (Å²) in [5.41, 5.74) is 4.60. The van der Waals surface area contributed by atoms with Crippen LogP contribution in [-0.4, -0.2) is 55.2 Å². The molecule has 1 aliphatic heterocycles. The molecule has 0 spiro atoms. The summed E-state index contributed by atoms with van der Waals surface area (Å²) in [6.07, 6.45) is 3.70. The Labute approximate surface area is 176 Å². The standard InChI is InChI=1S/C25H36N2O2/c1-19-14-23(15-20(2)25(19)28)17-26(3)16-22-6-5-12-27(18-22)13-11-21-7-9-24(29-4)10-8-21/h7-10,14-15,22,28H,5-6,11-13,16-18H2,1-4H3/t22-/m0/s1. The van der Waals surface area contributed by atoms with Crippen molar-refractivity contribution in [3.8, 4) is 11.5 Å². The number of rotatable bonds is 8. The number of aromatic hydroxyl groups is 1. The van der Waals surface area contributed by atoms with E-state index < -0.39 is 0 Å². The molecule has 4 nitrogen and oxygen atoms in total. The molecule has 1 aliphatic rings. The zero-order valence-corrected chi connectivity index (χ0v) is 18.4. The summed E-state index contributed by atoms with van der Waals surface area (Å²) in [4.78, 5) is 5.06. The van der Waals surface area contributed by atoms with Gasteiger partial charge in [0.05, 0.1) is 7.11 Å². The van der Waals surface area contributed by atoms with Gasteiger partial charge in [0.2, 0.25) is 0 Å². The zero-order chi connectivity index (χ0) is 20.8. The predicted molar refractivity (Wildman–Crippen MR) is 120 cm³/mol. The van der Waals surface area contributed by atoms with Crippen LogP contribution in [0, 0.1) is 19.8 Å². The van der Waals surface area contributed by atoms with Crippen LogP contribution in [0.2, 0.25) is 0 Å². The van der Waals surface area contributed by atoms with E-state index >= 15 is 0 Å². The fraction of sp³-hybridized carbons (Fsp3) is 0.520. The molecule has 0 saturated carbocycles. The molecule has 1 N–H and O–H groups in total. The third-order valence-corrected chi connectivity index (χ3v) is 6.05. The number of likely N-dealkylation sites (tertiary alicyclic amines) is 1. The Morgan fingerprint density at radius 3 is 2.45 bits per heavy atom. The van der Waals surface area contributed by atoms with E-state index in [0.717, 1.165) is 48.8 Å². The molecule has 0 unspecified atom stereocenters. The normalized spacial score (nSPS) is 17.6. The molecule has 0 amide bonds. The maximum Gasteiger partial charge on any atom is 0.121 e. The van der Waals surface area contributed by atoms with Gasteiger partial charge in [-0.1, -0.05) is 24.3 Å². The first-order valence-corrected chi connectivity index (χ1v) is 10.8. The van der Waals surface area contributed by atoms with E-state index in [1.165, 1.54) is 37.1 Å². The maximum atomic E-state index is 9.99. The average molecular weight is 397 g/mol. The summed E-state index contributed by atoms with van der Waals surface area (Å²) in [5, 5.41) is 9.99. The molecular formula is C25H36N2O2. The van der Waals surface area contributed by atoms with Crippen molar-refractivity contribution in [2.45, 2.75) is 39.7 Å². The van der Waals surface area contributed by atoms with E-state index in [2.05, 4.69) is 53.2 Å². The summed E-state index contributed by atoms with van der Waals surface area (Å²) in [5.74, 6) is 2.08. The van der Waals surface area contributed by atoms with Gasteiger partial charge in [-0.05, 0) is 87.0 Å². The highest BCUT2D eigenvalue weighted by atomic mass is 16.5. The van der Waals surface area contributed by atoms with Gasteiger partial charge in [0.25, 0.3) is 0 Å². The van der Waals surface area contributed by atoms with Gasteiger partial charge in [-0.3, -0.25) is 0 Å². The first-order chi connectivity index (χ1) is 13.9. The Balaban J connectivity index is 1.47. The molecule has 29 heavy (non-hydrogen) atoms. The topological polar surface area (TPSA) is 35.9 Å². The summed E-state index contributed by atoms with van der Waals surface area (Å²) in [6.45, 7) is 9.55. The highest BCUT2D eigenvalue weighted by Crippen LogP contribution is 2.24. The first kappa shape index (κ1) is 21.7. The van der Waals surface area contributed by atoms with Crippen molar-refractivity contribution in [1.29, 1.82) is 0 Å². The van der Waals surface area contributed by atoms with Crippen LogP contribution in [0.25, 0.3) is 0 Å². The number of nitrogens with zero attached hydrogens (tertiary/aromatic N) is 2. The highest BCUT2D eigenvalue weighted by molar-refractivity contribution is 5.42. The molecule has 158 valence electrons. The van der Waals surface area contributed by atoms with Gasteiger partial charge in [0, 0.05) is 26.2 Å². The van der Waals surface area contributed by atoms with Crippen LogP contribution in [0.3, 0.4) is 0 Å². The number of hydrogen-bond donors (Lipinski definition) is 1. The predicted octanol–water partition coefficient (Wildman–Crippen LogP) is 4.40. The smallest absolute Gasteiger partial charge is 0.121 e. The number of benzene rings is 2. The van der Waals surface area contributed by atoms with Crippen LogP contribution < -0.4 is 4.74 Å². The molecule has 1 atom stereocenters. The van der Waals surface area contributed by atoms with Gasteiger partial charge in [0.1, 0.15) is 11.5 Å². The molecule has 0 bridgehead atoms. The largest absolute Gasteiger partial charge is 0.507 e. The second-order valence-corrected chi connectivity index (χ2v) is 8.68. The minimum absolute atomic E-state index is 0.427. The van der Waals surface area contributed by atoms with Gasteiger partial charge in [-0.2, -0.15) is 0 Å². The van der Waals surface area contributed by atoms with Gasteiger partial charge in [-0.15, -0.1) is 0 Å². The lowest BCUT2D eigenvalue weighted by Crippen LogP contribution is -2.40. The van der Waals surface area contributed by atoms with Gasteiger partial charge >= 0.3 is 0 Å². The van der Waals surface area contributed by atoms with Crippen LogP contribution in [0.4, 0.5) is 0 Å².